The van der Waals surface area contributed by atoms with Gasteiger partial charge in [0.1, 0.15) is 0 Å². The number of carbonyl (C=O) groups excluding carboxylic acids is 1. The molecule has 4 rings (SSSR count). The highest BCUT2D eigenvalue weighted by molar-refractivity contribution is 8.18. The predicted molar refractivity (Wildman–Crippen MR) is 137 cm³/mol. The largest absolute Gasteiger partial charge is 0.378 e. The fourth-order valence-corrected chi connectivity index (χ4v) is 4.95. The number of aryl methyl sites for hydroxylation is 1. The highest BCUT2D eigenvalue weighted by Crippen LogP contribution is 2.38. The molecule has 34 heavy (non-hydrogen) atoms. The quantitative estimate of drug-likeness (QED) is 0.323. The minimum Gasteiger partial charge on any atom is -0.378 e. The molecular weight excluding hydrogens is 452 g/mol. The van der Waals surface area contributed by atoms with Crippen LogP contribution in [0.2, 0.25) is 0 Å². The molecular formula is C25H28N4O4S. The Balaban J connectivity index is 1.75. The third-order valence-corrected chi connectivity index (χ3v) is 6.97. The Hall–Kier alpha value is -3.17. The highest BCUT2D eigenvalue weighted by Gasteiger charge is 2.36. The smallest absolute Gasteiger partial charge is 0.270 e. The van der Waals surface area contributed by atoms with Crippen LogP contribution >= 0.6 is 11.8 Å². The van der Waals surface area contributed by atoms with Crippen LogP contribution in [0.3, 0.4) is 0 Å². The first-order chi connectivity index (χ1) is 16.4. The van der Waals surface area contributed by atoms with Crippen LogP contribution in [-0.4, -0.2) is 53.2 Å². The monoisotopic (exact) mass is 480 g/mol. The van der Waals surface area contributed by atoms with Gasteiger partial charge in [-0.2, -0.15) is 0 Å². The zero-order valence-electron chi connectivity index (χ0n) is 19.6. The molecule has 2 aromatic rings. The Labute approximate surface area is 203 Å². The van der Waals surface area contributed by atoms with Crippen LogP contribution in [0.1, 0.15) is 31.4 Å². The van der Waals surface area contributed by atoms with E-state index in [0.717, 1.165) is 23.4 Å². The molecule has 0 aromatic heterocycles. The third-order valence-electron chi connectivity index (χ3n) is 5.99. The fourth-order valence-electron chi connectivity index (χ4n) is 3.87. The van der Waals surface area contributed by atoms with Gasteiger partial charge in [-0.15, -0.1) is 0 Å². The minimum absolute atomic E-state index is 0.00775. The number of amidine groups is 1. The van der Waals surface area contributed by atoms with Crippen molar-refractivity contribution >= 4 is 46.0 Å². The number of rotatable bonds is 6. The van der Waals surface area contributed by atoms with E-state index >= 15 is 0 Å². The molecule has 0 spiro atoms. The van der Waals surface area contributed by atoms with Crippen LogP contribution in [-0.2, 0) is 9.53 Å². The normalized spacial score (nSPS) is 19.8. The molecule has 2 aromatic carbocycles. The molecule has 0 aliphatic carbocycles. The lowest BCUT2D eigenvalue weighted by Crippen LogP contribution is -2.37. The van der Waals surface area contributed by atoms with E-state index in [0.29, 0.717) is 41.9 Å². The van der Waals surface area contributed by atoms with E-state index in [1.807, 2.05) is 45.0 Å². The van der Waals surface area contributed by atoms with Gasteiger partial charge in [0, 0.05) is 42.5 Å². The predicted octanol–water partition coefficient (Wildman–Crippen LogP) is 5.14. The molecule has 0 bridgehead atoms. The van der Waals surface area contributed by atoms with Crippen LogP contribution in [0.5, 0.6) is 0 Å². The highest BCUT2D eigenvalue weighted by atomic mass is 32.2. The lowest BCUT2D eigenvalue weighted by atomic mass is 10.1. The zero-order chi connectivity index (χ0) is 24.2. The molecule has 178 valence electrons. The molecule has 1 amide bonds. The first-order valence-electron chi connectivity index (χ1n) is 11.4. The van der Waals surface area contributed by atoms with Crippen molar-refractivity contribution in [2.45, 2.75) is 33.2 Å². The number of thioether (sulfide) groups is 1. The van der Waals surface area contributed by atoms with Crippen molar-refractivity contribution in [1.82, 2.24) is 4.90 Å². The lowest BCUT2D eigenvalue weighted by molar-refractivity contribution is -0.384. The number of aliphatic imine (C=N–C) groups is 1. The third kappa shape index (κ3) is 5.15. The summed E-state index contributed by atoms with van der Waals surface area (Å²) in [4.78, 5) is 33.6. The molecule has 1 atom stereocenters. The molecule has 0 saturated carbocycles. The van der Waals surface area contributed by atoms with E-state index in [9.17, 15) is 14.9 Å². The summed E-state index contributed by atoms with van der Waals surface area (Å²) in [6.07, 6.45) is 2.54. The Kier molecular flexibility index (Phi) is 7.33. The van der Waals surface area contributed by atoms with E-state index in [1.54, 1.807) is 17.0 Å². The summed E-state index contributed by atoms with van der Waals surface area (Å²) in [5, 5.41) is 12.1. The van der Waals surface area contributed by atoms with Gasteiger partial charge in [0.25, 0.3) is 11.6 Å². The summed E-state index contributed by atoms with van der Waals surface area (Å²) in [5.74, 6) is -0.135. The van der Waals surface area contributed by atoms with Crippen molar-refractivity contribution in [3.8, 4) is 0 Å². The Morgan fingerprint density at radius 3 is 2.56 bits per heavy atom. The van der Waals surface area contributed by atoms with Crippen LogP contribution in [0.15, 0.2) is 52.4 Å². The van der Waals surface area contributed by atoms with Crippen LogP contribution in [0.25, 0.3) is 6.08 Å². The number of nitro benzene ring substituents is 1. The van der Waals surface area contributed by atoms with Gasteiger partial charge >= 0.3 is 0 Å². The number of benzene rings is 2. The number of amides is 1. The number of nitro groups is 1. The Morgan fingerprint density at radius 2 is 1.91 bits per heavy atom. The molecule has 2 aliphatic rings. The second-order valence-electron chi connectivity index (χ2n) is 8.37. The number of hydrogen-bond donors (Lipinski definition) is 0. The first kappa shape index (κ1) is 24.0. The summed E-state index contributed by atoms with van der Waals surface area (Å²) < 4.78 is 5.46. The molecule has 2 aliphatic heterocycles. The number of anilines is 1. The fraction of sp³-hybridized carbons (Fsp3) is 0.360. The van der Waals surface area contributed by atoms with Gasteiger partial charge in [-0.1, -0.05) is 24.6 Å². The number of hydrogen-bond acceptors (Lipinski definition) is 7. The van der Waals surface area contributed by atoms with Gasteiger partial charge in [0.15, 0.2) is 5.17 Å². The second kappa shape index (κ2) is 10.4. The van der Waals surface area contributed by atoms with Gasteiger partial charge in [0.2, 0.25) is 0 Å². The van der Waals surface area contributed by atoms with Crippen molar-refractivity contribution in [2.75, 3.05) is 31.2 Å². The maximum atomic E-state index is 13.5. The summed E-state index contributed by atoms with van der Waals surface area (Å²) >= 11 is 1.31. The van der Waals surface area contributed by atoms with Gasteiger partial charge in [-0.3, -0.25) is 19.8 Å². The van der Waals surface area contributed by atoms with Gasteiger partial charge in [0.05, 0.1) is 28.7 Å². The van der Waals surface area contributed by atoms with Crippen LogP contribution < -0.4 is 4.90 Å². The van der Waals surface area contributed by atoms with E-state index in [4.69, 9.17) is 9.73 Å². The number of morpholine rings is 1. The molecule has 0 unspecified atom stereocenters. The molecule has 0 N–H and O–H groups in total. The topological polar surface area (TPSA) is 88.3 Å². The lowest BCUT2D eigenvalue weighted by Gasteiger charge is -2.30. The van der Waals surface area contributed by atoms with Gasteiger partial charge in [-0.05, 0) is 56.3 Å². The summed E-state index contributed by atoms with van der Waals surface area (Å²) in [6.45, 7) is 8.61. The maximum absolute atomic E-state index is 13.5. The Morgan fingerprint density at radius 1 is 1.21 bits per heavy atom. The molecule has 8 nitrogen and oxygen atoms in total. The van der Waals surface area contributed by atoms with E-state index in [1.165, 1.54) is 23.9 Å². The van der Waals surface area contributed by atoms with Crippen LogP contribution in [0, 0.1) is 17.0 Å². The molecule has 9 heteroatoms. The minimum atomic E-state index is -0.412. The summed E-state index contributed by atoms with van der Waals surface area (Å²) in [5.41, 5.74) is 3.41. The maximum Gasteiger partial charge on any atom is 0.270 e. The molecule has 2 heterocycles. The Bertz CT molecular complexity index is 1140. The SMILES string of the molecule is CC[C@H](C)N1C(=O)/C(=C\c2cc([N+](=O)[O-])ccc2N2CCOCC2)SC1=Nc1ccc(C)cc1. The average Bonchev–Trinajstić information content (AvgIpc) is 3.14. The van der Waals surface area contributed by atoms with Gasteiger partial charge < -0.3 is 9.64 Å². The van der Waals surface area contributed by atoms with E-state index in [2.05, 4.69) is 4.90 Å². The number of ether oxygens (including phenoxy) is 1. The van der Waals surface area contributed by atoms with Crippen LogP contribution in [0.4, 0.5) is 17.1 Å². The number of nitrogens with zero attached hydrogens (tertiary/aromatic N) is 4. The molecule has 2 saturated heterocycles. The summed E-state index contributed by atoms with van der Waals surface area (Å²) in [6, 6.07) is 12.6. The van der Waals surface area contributed by atoms with E-state index < -0.39 is 4.92 Å². The number of non-ortho nitro benzene ring substituents is 1. The first-order valence-corrected chi connectivity index (χ1v) is 12.2. The van der Waals surface area contributed by atoms with Crippen molar-refractivity contribution in [1.29, 1.82) is 0 Å². The average molecular weight is 481 g/mol. The van der Waals surface area contributed by atoms with E-state index in [-0.39, 0.29) is 17.6 Å². The zero-order valence-corrected chi connectivity index (χ0v) is 20.4. The second-order valence-corrected chi connectivity index (χ2v) is 9.38. The standard InChI is InChI=1S/C25H28N4O4S/c1-4-18(3)28-24(30)23(34-25(28)26-20-7-5-17(2)6-8-20)16-19-15-21(29(31)32)9-10-22(19)27-11-13-33-14-12-27/h5-10,15-16,18H,4,11-14H2,1-3H3/b23-16+,26-25?/t18-/m0/s1. The van der Waals surface area contributed by atoms with Crippen molar-refractivity contribution < 1.29 is 14.5 Å². The molecule has 2 fully saturated rings. The molecule has 0 radical (unpaired) electrons. The number of carbonyl (C=O) groups is 1. The van der Waals surface area contributed by atoms with Crippen molar-refractivity contribution in [3.63, 3.8) is 0 Å². The van der Waals surface area contributed by atoms with Crippen molar-refractivity contribution in [2.24, 2.45) is 4.99 Å². The summed E-state index contributed by atoms with van der Waals surface area (Å²) in [7, 11) is 0. The van der Waals surface area contributed by atoms with Gasteiger partial charge in [-0.25, -0.2) is 4.99 Å². The van der Waals surface area contributed by atoms with Crippen molar-refractivity contribution in [3.05, 3.63) is 68.6 Å².